The quantitative estimate of drug-likeness (QED) is 0.745. The van der Waals surface area contributed by atoms with Crippen molar-refractivity contribution in [1.82, 2.24) is 0 Å². The molecule has 142 valence electrons. The van der Waals surface area contributed by atoms with Crippen LogP contribution < -0.4 is 0 Å². The molecule has 1 saturated heterocycles. The highest BCUT2D eigenvalue weighted by atomic mass is 16.6. The molecule has 5 heteroatoms. The molecule has 2 N–H and O–H groups in total. The lowest BCUT2D eigenvalue weighted by molar-refractivity contribution is -0.128. The molecule has 0 spiro atoms. The highest BCUT2D eigenvalue weighted by Crippen LogP contribution is 2.43. The van der Waals surface area contributed by atoms with E-state index in [1.807, 2.05) is 26.8 Å². The first-order chi connectivity index (χ1) is 11.7. The topological polar surface area (TPSA) is 87.1 Å². The molecule has 25 heavy (non-hydrogen) atoms. The fraction of sp³-hybridized carbons (Fsp3) is 0.800. The molecule has 0 amide bonds. The molecule has 2 rings (SSSR count). The number of hydrogen-bond acceptors (Lipinski definition) is 5. The van der Waals surface area contributed by atoms with Crippen molar-refractivity contribution < 1.29 is 24.5 Å². The van der Waals surface area contributed by atoms with Gasteiger partial charge in [-0.1, -0.05) is 20.8 Å². The van der Waals surface area contributed by atoms with Crippen LogP contribution in [0.15, 0.2) is 11.6 Å². The molecule has 5 atom stereocenters. The zero-order chi connectivity index (χ0) is 18.8. The molecular formula is C20H32O5. The number of Topliss-reactive ketones (excluding diaryl/α,β-unsaturated/α-hetero) is 2. The zero-order valence-electron chi connectivity index (χ0n) is 15.8. The molecule has 0 aromatic heterocycles. The first-order valence-corrected chi connectivity index (χ1v) is 9.45. The third-order valence-corrected chi connectivity index (χ3v) is 5.73. The van der Waals surface area contributed by atoms with Gasteiger partial charge in [0.15, 0.2) is 5.78 Å². The number of rotatable bonds is 2. The summed E-state index contributed by atoms with van der Waals surface area (Å²) in [5.74, 6) is -0.887. The molecule has 5 nitrogen and oxygen atoms in total. The van der Waals surface area contributed by atoms with Gasteiger partial charge in [-0.15, -0.1) is 0 Å². The normalized spacial score (nSPS) is 40.2. The Hall–Kier alpha value is -1.04. The number of carbonyl (C=O) groups excluding carboxylic acids is 2. The van der Waals surface area contributed by atoms with Gasteiger partial charge in [0, 0.05) is 12.3 Å². The minimum atomic E-state index is -1.11. The molecule has 1 heterocycles. The Morgan fingerprint density at radius 2 is 2.00 bits per heavy atom. The van der Waals surface area contributed by atoms with Crippen LogP contribution in [0.1, 0.15) is 59.8 Å². The fourth-order valence-electron chi connectivity index (χ4n) is 3.60. The molecule has 0 radical (unpaired) electrons. The summed E-state index contributed by atoms with van der Waals surface area (Å²) in [6.07, 6.45) is 3.63. The van der Waals surface area contributed by atoms with Crippen LogP contribution >= 0.6 is 0 Å². The number of ether oxygens (including phenoxy) is 1. The van der Waals surface area contributed by atoms with Crippen molar-refractivity contribution in [2.45, 2.75) is 77.6 Å². The Kier molecular flexibility index (Phi) is 6.57. The lowest BCUT2D eigenvalue weighted by Crippen LogP contribution is -2.32. The van der Waals surface area contributed by atoms with Crippen molar-refractivity contribution in [2.24, 2.45) is 17.8 Å². The van der Waals surface area contributed by atoms with E-state index in [9.17, 15) is 19.8 Å². The average molecular weight is 352 g/mol. The minimum absolute atomic E-state index is 0.0103. The summed E-state index contributed by atoms with van der Waals surface area (Å²) < 4.78 is 5.81. The van der Waals surface area contributed by atoms with E-state index in [1.165, 1.54) is 0 Å². The van der Waals surface area contributed by atoms with E-state index in [0.717, 1.165) is 12.8 Å². The molecule has 2 aliphatic rings. The first kappa shape index (κ1) is 20.3. The average Bonchev–Trinajstić information content (AvgIpc) is 3.21. The minimum Gasteiger partial charge on any atom is -0.396 e. The van der Waals surface area contributed by atoms with E-state index in [1.54, 1.807) is 6.92 Å². The summed E-state index contributed by atoms with van der Waals surface area (Å²) in [5.41, 5.74) is 0.300. The van der Waals surface area contributed by atoms with E-state index in [2.05, 4.69) is 0 Å². The predicted molar refractivity (Wildman–Crippen MR) is 95.0 cm³/mol. The van der Waals surface area contributed by atoms with Gasteiger partial charge >= 0.3 is 0 Å². The standard InChI is InChI=1S/C20H32O5/c1-12(2)15-10-17-20(4,25-17)9-5-6-14(11-21)16(22)8-7-13(3)18(23)19(15)24/h10,12-14,17-18,21,23H,5-9,11H2,1-4H3/b15-10+/t13-,14+,17+,18+,20-/m1/s1. The van der Waals surface area contributed by atoms with Crippen LogP contribution in [0.5, 0.6) is 0 Å². The number of carbonyl (C=O) groups is 2. The van der Waals surface area contributed by atoms with Crippen molar-refractivity contribution in [3.05, 3.63) is 11.6 Å². The van der Waals surface area contributed by atoms with Crippen molar-refractivity contribution in [2.75, 3.05) is 6.61 Å². The summed E-state index contributed by atoms with van der Waals surface area (Å²) in [4.78, 5) is 25.1. The summed E-state index contributed by atoms with van der Waals surface area (Å²) >= 11 is 0. The highest BCUT2D eigenvalue weighted by molar-refractivity contribution is 5.99. The number of ketones is 2. The summed E-state index contributed by atoms with van der Waals surface area (Å²) in [7, 11) is 0. The second kappa shape index (κ2) is 8.11. The molecule has 0 bridgehead atoms. The maximum Gasteiger partial charge on any atom is 0.187 e. The maximum absolute atomic E-state index is 12.7. The maximum atomic E-state index is 12.7. The summed E-state index contributed by atoms with van der Waals surface area (Å²) in [6.45, 7) is 7.55. The van der Waals surface area contributed by atoms with Gasteiger partial charge in [0.1, 0.15) is 18.0 Å². The van der Waals surface area contributed by atoms with Crippen LogP contribution in [-0.4, -0.2) is 46.2 Å². The van der Waals surface area contributed by atoms with Crippen molar-refractivity contribution in [3.8, 4) is 0 Å². The van der Waals surface area contributed by atoms with Crippen molar-refractivity contribution in [1.29, 1.82) is 0 Å². The second-order valence-electron chi connectivity index (χ2n) is 8.19. The number of epoxide rings is 1. The monoisotopic (exact) mass is 352 g/mol. The fourth-order valence-corrected chi connectivity index (χ4v) is 3.60. The van der Waals surface area contributed by atoms with Crippen LogP contribution in [-0.2, 0) is 14.3 Å². The Morgan fingerprint density at radius 3 is 2.60 bits per heavy atom. The molecule has 0 aromatic carbocycles. The van der Waals surface area contributed by atoms with Gasteiger partial charge in [-0.05, 0) is 56.1 Å². The second-order valence-corrected chi connectivity index (χ2v) is 8.19. The van der Waals surface area contributed by atoms with Gasteiger partial charge in [0.05, 0.1) is 12.2 Å². The molecule has 0 unspecified atom stereocenters. The number of fused-ring (bicyclic) bond motifs is 1. The first-order valence-electron chi connectivity index (χ1n) is 9.45. The van der Waals surface area contributed by atoms with Gasteiger partial charge in [-0.3, -0.25) is 9.59 Å². The van der Waals surface area contributed by atoms with Gasteiger partial charge < -0.3 is 14.9 Å². The van der Waals surface area contributed by atoms with Crippen LogP contribution in [0, 0.1) is 17.8 Å². The molecule has 1 fully saturated rings. The van der Waals surface area contributed by atoms with Crippen LogP contribution in [0.2, 0.25) is 0 Å². The Bertz CT molecular complexity index is 538. The van der Waals surface area contributed by atoms with Crippen LogP contribution in [0.3, 0.4) is 0 Å². The predicted octanol–water partition coefficient (Wildman–Crippen LogP) is 2.43. The third-order valence-electron chi connectivity index (χ3n) is 5.73. The SMILES string of the molecule is CC(C)/C1=C\[C@@H]2O[C@]2(C)CCC[C@@H](CO)C(=O)CC[C@@H](C)[C@H](O)C1=O. The number of aliphatic hydroxyl groups is 2. The molecule has 0 aromatic rings. The molecule has 1 aliphatic carbocycles. The third kappa shape index (κ3) is 4.78. The molecular weight excluding hydrogens is 320 g/mol. The van der Waals surface area contributed by atoms with E-state index >= 15 is 0 Å². The van der Waals surface area contributed by atoms with E-state index < -0.39 is 6.10 Å². The Balaban J connectivity index is 2.24. The van der Waals surface area contributed by atoms with E-state index in [4.69, 9.17) is 4.74 Å². The van der Waals surface area contributed by atoms with E-state index in [-0.39, 0.29) is 54.1 Å². The van der Waals surface area contributed by atoms with E-state index in [0.29, 0.717) is 18.4 Å². The van der Waals surface area contributed by atoms with Gasteiger partial charge in [0.2, 0.25) is 0 Å². The Morgan fingerprint density at radius 1 is 1.32 bits per heavy atom. The lowest BCUT2D eigenvalue weighted by Gasteiger charge is -2.22. The summed E-state index contributed by atoms with van der Waals surface area (Å²) in [6, 6.07) is 0. The van der Waals surface area contributed by atoms with Gasteiger partial charge in [0.25, 0.3) is 0 Å². The van der Waals surface area contributed by atoms with Crippen LogP contribution in [0.4, 0.5) is 0 Å². The van der Waals surface area contributed by atoms with Gasteiger partial charge in [-0.25, -0.2) is 0 Å². The van der Waals surface area contributed by atoms with Gasteiger partial charge in [-0.2, -0.15) is 0 Å². The van der Waals surface area contributed by atoms with Crippen molar-refractivity contribution >= 4 is 11.6 Å². The summed E-state index contributed by atoms with van der Waals surface area (Å²) in [5, 5.41) is 20.0. The smallest absolute Gasteiger partial charge is 0.187 e. The molecule has 0 saturated carbocycles. The largest absolute Gasteiger partial charge is 0.396 e. The Labute approximate surface area is 150 Å². The number of hydrogen-bond donors (Lipinski definition) is 2. The number of aliphatic hydroxyl groups excluding tert-OH is 2. The van der Waals surface area contributed by atoms with Crippen molar-refractivity contribution in [3.63, 3.8) is 0 Å². The lowest BCUT2D eigenvalue weighted by atomic mass is 9.84. The molecule has 1 aliphatic heterocycles. The van der Waals surface area contributed by atoms with Crippen LogP contribution in [0.25, 0.3) is 0 Å². The zero-order valence-corrected chi connectivity index (χ0v) is 15.8. The highest BCUT2D eigenvalue weighted by Gasteiger charge is 2.50.